The topological polar surface area (TPSA) is 145 Å². The van der Waals surface area contributed by atoms with Crippen molar-refractivity contribution < 1.29 is 19.5 Å². The standard InChI is InChI=1S/C25H26N4O4S/c1-25(2,3)13-28-22(30)15-6-9-17(19(12-15)24(32)33)20-18(10-11-34-20)23(31)29-16-7-4-14(5-8-16)21(26)27/h4-12H,13H2,1-3H3,(H3,26,27)(H,28,30)(H,29,31)(H,32,33). The van der Waals surface area contributed by atoms with Crippen molar-refractivity contribution in [2.24, 2.45) is 11.1 Å². The number of aromatic carboxylic acids is 1. The van der Waals surface area contributed by atoms with Crippen molar-refractivity contribution in [1.82, 2.24) is 5.32 Å². The fourth-order valence-corrected chi connectivity index (χ4v) is 4.07. The lowest BCUT2D eigenvalue weighted by Gasteiger charge is -2.19. The normalized spacial score (nSPS) is 11.0. The van der Waals surface area contributed by atoms with Gasteiger partial charge < -0.3 is 21.5 Å². The average Bonchev–Trinajstić information content (AvgIpc) is 3.27. The number of carboxylic acids is 1. The molecule has 0 saturated carbocycles. The first-order valence-corrected chi connectivity index (χ1v) is 11.3. The third kappa shape index (κ3) is 5.87. The Morgan fingerprint density at radius 3 is 2.21 bits per heavy atom. The van der Waals surface area contributed by atoms with Gasteiger partial charge in [-0.05, 0) is 53.3 Å². The largest absolute Gasteiger partial charge is 0.478 e. The fourth-order valence-electron chi connectivity index (χ4n) is 3.14. The Hall–Kier alpha value is -3.98. The van der Waals surface area contributed by atoms with Crippen LogP contribution in [0.3, 0.4) is 0 Å². The van der Waals surface area contributed by atoms with Crippen LogP contribution in [0.25, 0.3) is 10.4 Å². The van der Waals surface area contributed by atoms with E-state index in [2.05, 4.69) is 10.6 Å². The minimum absolute atomic E-state index is 0.0641. The van der Waals surface area contributed by atoms with Crippen molar-refractivity contribution >= 4 is 40.6 Å². The Morgan fingerprint density at radius 1 is 0.971 bits per heavy atom. The molecule has 3 rings (SSSR count). The summed E-state index contributed by atoms with van der Waals surface area (Å²) < 4.78 is 0. The first-order valence-electron chi connectivity index (χ1n) is 10.5. The number of nitrogen functional groups attached to an aromatic ring is 1. The number of hydrogen-bond acceptors (Lipinski definition) is 5. The maximum atomic E-state index is 12.9. The maximum absolute atomic E-state index is 12.9. The molecule has 1 heterocycles. The smallest absolute Gasteiger partial charge is 0.336 e. The second-order valence-corrected chi connectivity index (χ2v) is 9.83. The summed E-state index contributed by atoms with van der Waals surface area (Å²) in [6, 6.07) is 12.6. The molecule has 0 saturated heterocycles. The second kappa shape index (κ2) is 9.88. The molecule has 3 aromatic rings. The van der Waals surface area contributed by atoms with Gasteiger partial charge in [0.05, 0.1) is 11.1 Å². The van der Waals surface area contributed by atoms with Crippen LogP contribution < -0.4 is 16.4 Å². The highest BCUT2D eigenvalue weighted by Gasteiger charge is 2.22. The van der Waals surface area contributed by atoms with Gasteiger partial charge in [0.2, 0.25) is 0 Å². The van der Waals surface area contributed by atoms with E-state index in [4.69, 9.17) is 11.1 Å². The molecule has 8 nitrogen and oxygen atoms in total. The van der Waals surface area contributed by atoms with Crippen LogP contribution in [-0.4, -0.2) is 35.3 Å². The Bertz CT molecular complexity index is 1260. The molecule has 34 heavy (non-hydrogen) atoms. The first kappa shape index (κ1) is 24.7. The average molecular weight is 479 g/mol. The fraction of sp³-hybridized carbons (Fsp3) is 0.200. The number of benzene rings is 2. The molecule has 0 atom stereocenters. The Morgan fingerprint density at radius 2 is 1.62 bits per heavy atom. The lowest BCUT2D eigenvalue weighted by molar-refractivity contribution is 0.0697. The molecule has 0 fully saturated rings. The van der Waals surface area contributed by atoms with Crippen LogP contribution in [0.4, 0.5) is 5.69 Å². The molecule has 1 aromatic heterocycles. The van der Waals surface area contributed by atoms with E-state index in [1.54, 1.807) is 47.8 Å². The van der Waals surface area contributed by atoms with Crippen LogP contribution >= 0.6 is 11.3 Å². The number of carboxylic acid groups (broad SMARTS) is 1. The summed E-state index contributed by atoms with van der Waals surface area (Å²) in [6.45, 7) is 6.40. The molecule has 0 aliphatic rings. The number of carbonyl (C=O) groups is 3. The van der Waals surface area contributed by atoms with E-state index in [1.165, 1.54) is 17.4 Å². The molecule has 6 N–H and O–H groups in total. The van der Waals surface area contributed by atoms with Gasteiger partial charge in [0.1, 0.15) is 5.84 Å². The van der Waals surface area contributed by atoms with E-state index in [-0.39, 0.29) is 28.3 Å². The zero-order chi connectivity index (χ0) is 25.0. The Labute approximate surface area is 201 Å². The number of thiophene rings is 1. The molecule has 176 valence electrons. The van der Waals surface area contributed by atoms with Gasteiger partial charge in [0, 0.05) is 33.8 Å². The minimum atomic E-state index is -1.19. The van der Waals surface area contributed by atoms with Gasteiger partial charge in [-0.25, -0.2) is 4.79 Å². The third-order valence-corrected chi connectivity index (χ3v) is 5.85. The van der Waals surface area contributed by atoms with Crippen molar-refractivity contribution in [1.29, 1.82) is 5.41 Å². The number of nitrogens with two attached hydrogens (primary N) is 1. The lowest BCUT2D eigenvalue weighted by atomic mass is 9.96. The summed E-state index contributed by atoms with van der Waals surface area (Å²) in [5.74, 6) is -2.04. The van der Waals surface area contributed by atoms with Gasteiger partial charge in [-0.15, -0.1) is 11.3 Å². The van der Waals surface area contributed by atoms with Gasteiger partial charge in [-0.3, -0.25) is 15.0 Å². The molecule has 0 spiro atoms. The molecule has 0 unspecified atom stereocenters. The van der Waals surface area contributed by atoms with Crippen LogP contribution in [0, 0.1) is 10.8 Å². The minimum Gasteiger partial charge on any atom is -0.478 e. The van der Waals surface area contributed by atoms with Crippen molar-refractivity contribution in [3.05, 3.63) is 76.2 Å². The number of amides is 2. The molecule has 0 bridgehead atoms. The van der Waals surface area contributed by atoms with Gasteiger partial charge in [-0.2, -0.15) is 0 Å². The Kier molecular flexibility index (Phi) is 7.17. The van der Waals surface area contributed by atoms with Crippen LogP contribution in [0.15, 0.2) is 53.9 Å². The highest BCUT2D eigenvalue weighted by Crippen LogP contribution is 2.33. The number of nitrogens with one attached hydrogen (secondary N) is 3. The number of rotatable bonds is 7. The molecular weight excluding hydrogens is 452 g/mol. The quantitative estimate of drug-likeness (QED) is 0.252. The maximum Gasteiger partial charge on any atom is 0.336 e. The molecule has 0 aliphatic carbocycles. The number of amidine groups is 1. The predicted octanol–water partition coefficient (Wildman–Crippen LogP) is 4.43. The van der Waals surface area contributed by atoms with Gasteiger partial charge in [0.15, 0.2) is 0 Å². The molecule has 9 heteroatoms. The van der Waals surface area contributed by atoms with Crippen molar-refractivity contribution in [2.75, 3.05) is 11.9 Å². The highest BCUT2D eigenvalue weighted by molar-refractivity contribution is 7.14. The molecule has 0 aliphatic heterocycles. The molecule has 2 amide bonds. The van der Waals surface area contributed by atoms with Crippen molar-refractivity contribution in [3.8, 4) is 10.4 Å². The summed E-state index contributed by atoms with van der Waals surface area (Å²) in [5, 5.41) is 24.6. The van der Waals surface area contributed by atoms with Gasteiger partial charge in [-0.1, -0.05) is 26.8 Å². The van der Waals surface area contributed by atoms with Gasteiger partial charge >= 0.3 is 5.97 Å². The van der Waals surface area contributed by atoms with E-state index in [1.807, 2.05) is 20.8 Å². The van der Waals surface area contributed by atoms with E-state index in [0.29, 0.717) is 33.8 Å². The zero-order valence-corrected chi connectivity index (χ0v) is 19.9. The third-order valence-electron chi connectivity index (χ3n) is 4.90. The zero-order valence-electron chi connectivity index (χ0n) is 19.1. The second-order valence-electron chi connectivity index (χ2n) is 8.92. The van der Waals surface area contributed by atoms with Crippen LogP contribution in [0.2, 0.25) is 0 Å². The Balaban J connectivity index is 1.88. The SMILES string of the molecule is CC(C)(C)CNC(=O)c1ccc(-c2sccc2C(=O)Nc2ccc(C(=N)N)cc2)c(C(=O)O)c1. The summed E-state index contributed by atoms with van der Waals surface area (Å²) in [6.07, 6.45) is 0. The summed E-state index contributed by atoms with van der Waals surface area (Å²) in [5.41, 5.74) is 7.22. The van der Waals surface area contributed by atoms with Crippen molar-refractivity contribution in [3.63, 3.8) is 0 Å². The molecule has 0 radical (unpaired) electrons. The van der Waals surface area contributed by atoms with Crippen LogP contribution in [0.1, 0.15) is 57.4 Å². The molecule has 2 aromatic carbocycles. The summed E-state index contributed by atoms with van der Waals surface area (Å²) in [7, 11) is 0. The van der Waals surface area contributed by atoms with Crippen LogP contribution in [0.5, 0.6) is 0 Å². The van der Waals surface area contributed by atoms with Crippen LogP contribution in [-0.2, 0) is 0 Å². The number of hydrogen-bond donors (Lipinski definition) is 5. The van der Waals surface area contributed by atoms with Gasteiger partial charge in [0.25, 0.3) is 11.8 Å². The highest BCUT2D eigenvalue weighted by atomic mass is 32.1. The van der Waals surface area contributed by atoms with E-state index in [0.717, 1.165) is 0 Å². The van der Waals surface area contributed by atoms with E-state index >= 15 is 0 Å². The number of anilines is 1. The van der Waals surface area contributed by atoms with E-state index < -0.39 is 11.9 Å². The predicted molar refractivity (Wildman–Crippen MR) is 134 cm³/mol. The summed E-state index contributed by atoms with van der Waals surface area (Å²) >= 11 is 1.24. The first-order chi connectivity index (χ1) is 16.0. The van der Waals surface area contributed by atoms with E-state index in [9.17, 15) is 19.5 Å². The summed E-state index contributed by atoms with van der Waals surface area (Å²) in [4.78, 5) is 38.0. The monoisotopic (exact) mass is 478 g/mol. The lowest BCUT2D eigenvalue weighted by Crippen LogP contribution is -2.32. The molecular formula is C25H26N4O4S. The van der Waals surface area contributed by atoms with Crippen molar-refractivity contribution in [2.45, 2.75) is 20.8 Å². The number of carbonyl (C=O) groups excluding carboxylic acids is 2.